The van der Waals surface area contributed by atoms with Crippen LogP contribution in [0.3, 0.4) is 0 Å². The van der Waals surface area contributed by atoms with Gasteiger partial charge in [-0.15, -0.1) is 11.8 Å². The fraction of sp³-hybridized carbons (Fsp3) is 0.407. The summed E-state index contributed by atoms with van der Waals surface area (Å²) in [6, 6.07) is 9.62. The summed E-state index contributed by atoms with van der Waals surface area (Å²) >= 11 is 1.30. The third-order valence-corrected chi connectivity index (χ3v) is 6.84. The first-order chi connectivity index (χ1) is 19.0. The SMILES string of the molecule is COc1cc(CC(=O)N[C@H](C(=O)N[C@@H](CC(=O)O)C(=O)CSCc2ccccc2)C(C)C)c(OC)c([N+](=O)[O-])c1. The summed E-state index contributed by atoms with van der Waals surface area (Å²) in [5.41, 5.74) is 0.783. The van der Waals surface area contributed by atoms with Crippen molar-refractivity contribution in [3.8, 4) is 11.5 Å². The highest BCUT2D eigenvalue weighted by atomic mass is 32.2. The number of ketones is 1. The number of rotatable bonds is 16. The Morgan fingerprint density at radius 2 is 1.73 bits per heavy atom. The van der Waals surface area contributed by atoms with Crippen molar-refractivity contribution in [1.82, 2.24) is 10.6 Å². The number of hydrogen-bond acceptors (Lipinski definition) is 9. The molecule has 0 spiro atoms. The Morgan fingerprint density at radius 1 is 1.05 bits per heavy atom. The Bertz CT molecular complexity index is 1220. The topological polar surface area (TPSA) is 174 Å². The van der Waals surface area contributed by atoms with Gasteiger partial charge in [0.1, 0.15) is 11.8 Å². The van der Waals surface area contributed by atoms with Crippen LogP contribution in [0.1, 0.15) is 31.4 Å². The van der Waals surface area contributed by atoms with Crippen molar-refractivity contribution in [1.29, 1.82) is 0 Å². The average molecular weight is 576 g/mol. The lowest BCUT2D eigenvalue weighted by Gasteiger charge is -2.25. The first-order valence-corrected chi connectivity index (χ1v) is 13.5. The number of aliphatic carboxylic acids is 1. The Kier molecular flexibility index (Phi) is 12.4. The van der Waals surface area contributed by atoms with E-state index in [9.17, 15) is 34.4 Å². The zero-order chi connectivity index (χ0) is 29.8. The van der Waals surface area contributed by atoms with Gasteiger partial charge in [-0.2, -0.15) is 0 Å². The third-order valence-electron chi connectivity index (χ3n) is 5.81. The van der Waals surface area contributed by atoms with Crippen LogP contribution in [0, 0.1) is 16.0 Å². The van der Waals surface area contributed by atoms with E-state index in [1.807, 2.05) is 30.3 Å². The molecule has 0 heterocycles. The minimum Gasteiger partial charge on any atom is -0.496 e. The van der Waals surface area contributed by atoms with E-state index in [-0.39, 0.29) is 34.9 Å². The number of nitrogens with zero attached hydrogens (tertiary/aromatic N) is 1. The molecule has 0 saturated carbocycles. The maximum Gasteiger partial charge on any atom is 0.314 e. The van der Waals surface area contributed by atoms with Crippen molar-refractivity contribution in [2.75, 3.05) is 20.0 Å². The molecule has 2 aromatic rings. The second-order valence-corrected chi connectivity index (χ2v) is 10.2. The van der Waals surface area contributed by atoms with Gasteiger partial charge in [0.05, 0.1) is 49.8 Å². The van der Waals surface area contributed by atoms with E-state index < -0.39 is 52.9 Å². The van der Waals surface area contributed by atoms with Crippen LogP contribution in [0.5, 0.6) is 11.5 Å². The van der Waals surface area contributed by atoms with E-state index in [2.05, 4.69) is 10.6 Å². The van der Waals surface area contributed by atoms with E-state index in [1.165, 1.54) is 38.1 Å². The van der Waals surface area contributed by atoms with Gasteiger partial charge in [0, 0.05) is 11.3 Å². The molecule has 0 aliphatic rings. The number of carboxylic acids is 1. The smallest absolute Gasteiger partial charge is 0.314 e. The van der Waals surface area contributed by atoms with Gasteiger partial charge in [-0.1, -0.05) is 44.2 Å². The molecule has 2 aromatic carbocycles. The molecule has 13 heteroatoms. The van der Waals surface area contributed by atoms with Gasteiger partial charge in [0.2, 0.25) is 17.6 Å². The van der Waals surface area contributed by atoms with Crippen molar-refractivity contribution in [2.24, 2.45) is 5.92 Å². The highest BCUT2D eigenvalue weighted by Crippen LogP contribution is 2.35. The van der Waals surface area contributed by atoms with Gasteiger partial charge < -0.3 is 25.2 Å². The second-order valence-electron chi connectivity index (χ2n) is 9.17. The molecule has 40 heavy (non-hydrogen) atoms. The number of ether oxygens (including phenoxy) is 2. The molecule has 0 radical (unpaired) electrons. The number of amides is 2. The summed E-state index contributed by atoms with van der Waals surface area (Å²) in [6.45, 7) is 3.34. The molecule has 0 aliphatic heterocycles. The lowest BCUT2D eigenvalue weighted by molar-refractivity contribution is -0.385. The van der Waals surface area contributed by atoms with E-state index in [0.29, 0.717) is 5.75 Å². The number of carboxylic acid groups (broad SMARTS) is 1. The largest absolute Gasteiger partial charge is 0.496 e. The third kappa shape index (κ3) is 9.56. The van der Waals surface area contributed by atoms with Gasteiger partial charge >= 0.3 is 11.7 Å². The highest BCUT2D eigenvalue weighted by Gasteiger charge is 2.31. The molecule has 2 atom stereocenters. The van der Waals surface area contributed by atoms with Crippen LogP contribution >= 0.6 is 11.8 Å². The number of nitrogens with one attached hydrogen (secondary N) is 2. The van der Waals surface area contributed by atoms with Crippen LogP contribution in [0.2, 0.25) is 0 Å². The number of benzene rings is 2. The van der Waals surface area contributed by atoms with Gasteiger partial charge in [-0.25, -0.2) is 0 Å². The fourth-order valence-corrected chi connectivity index (χ4v) is 4.75. The normalized spacial score (nSPS) is 12.2. The predicted octanol–water partition coefficient (Wildman–Crippen LogP) is 2.76. The number of nitro groups is 1. The second kappa shape index (κ2) is 15.5. The van der Waals surface area contributed by atoms with Crippen LogP contribution in [-0.4, -0.2) is 65.7 Å². The van der Waals surface area contributed by atoms with Gasteiger partial charge in [-0.05, 0) is 17.5 Å². The average Bonchev–Trinajstić information content (AvgIpc) is 2.90. The molecule has 0 unspecified atom stereocenters. The van der Waals surface area contributed by atoms with Crippen molar-refractivity contribution < 1.29 is 38.7 Å². The number of methoxy groups -OCH3 is 2. The van der Waals surface area contributed by atoms with Gasteiger partial charge in [0.25, 0.3) is 0 Å². The van der Waals surface area contributed by atoms with E-state index in [0.717, 1.165) is 5.56 Å². The molecule has 0 aliphatic carbocycles. The van der Waals surface area contributed by atoms with E-state index >= 15 is 0 Å². The minimum atomic E-state index is -1.28. The summed E-state index contributed by atoms with van der Waals surface area (Å²) in [5.74, 6) is -2.97. The maximum atomic E-state index is 13.1. The molecular formula is C27H33N3O9S. The maximum absolute atomic E-state index is 13.1. The fourth-order valence-electron chi connectivity index (χ4n) is 3.82. The summed E-state index contributed by atoms with van der Waals surface area (Å²) in [4.78, 5) is 61.1. The Hall–Kier alpha value is -4.13. The number of carbonyl (C=O) groups is 4. The van der Waals surface area contributed by atoms with Crippen LogP contribution in [-0.2, 0) is 31.4 Å². The number of nitro benzene ring substituents is 1. The summed E-state index contributed by atoms with van der Waals surface area (Å²) < 4.78 is 10.3. The van der Waals surface area contributed by atoms with E-state index in [1.54, 1.807) is 13.8 Å². The lowest BCUT2D eigenvalue weighted by atomic mass is 10.0. The van der Waals surface area contributed by atoms with Crippen molar-refractivity contribution in [3.05, 3.63) is 63.7 Å². The molecule has 216 valence electrons. The number of carbonyl (C=O) groups excluding carboxylic acids is 3. The molecule has 12 nitrogen and oxygen atoms in total. The number of thioether (sulfide) groups is 1. The monoisotopic (exact) mass is 575 g/mol. The lowest BCUT2D eigenvalue weighted by Crippen LogP contribution is -2.54. The van der Waals surface area contributed by atoms with Crippen LogP contribution < -0.4 is 20.1 Å². The summed E-state index contributed by atoms with van der Waals surface area (Å²) in [6.07, 6.45) is -0.981. The molecular weight excluding hydrogens is 542 g/mol. The van der Waals surface area contributed by atoms with Crippen LogP contribution in [0.4, 0.5) is 5.69 Å². The molecule has 2 rings (SSSR count). The molecule has 0 bridgehead atoms. The highest BCUT2D eigenvalue weighted by molar-refractivity contribution is 7.99. The van der Waals surface area contributed by atoms with Crippen LogP contribution in [0.15, 0.2) is 42.5 Å². The van der Waals surface area contributed by atoms with Gasteiger partial charge in [0.15, 0.2) is 5.78 Å². The predicted molar refractivity (Wildman–Crippen MR) is 148 cm³/mol. The summed E-state index contributed by atoms with van der Waals surface area (Å²) in [7, 11) is 2.56. The van der Waals surface area contributed by atoms with Crippen LogP contribution in [0.25, 0.3) is 0 Å². The van der Waals surface area contributed by atoms with Crippen molar-refractivity contribution in [3.63, 3.8) is 0 Å². The van der Waals surface area contributed by atoms with Crippen molar-refractivity contribution in [2.45, 2.75) is 44.5 Å². The molecule has 0 aromatic heterocycles. The number of hydrogen-bond donors (Lipinski definition) is 3. The molecule has 0 fully saturated rings. The molecule has 0 saturated heterocycles. The quantitative estimate of drug-likeness (QED) is 0.199. The number of Topliss-reactive ketones (excluding diaryl/α,β-unsaturated/α-hetero) is 1. The first kappa shape index (κ1) is 32.1. The first-order valence-electron chi connectivity index (χ1n) is 12.3. The Morgan fingerprint density at radius 3 is 2.27 bits per heavy atom. The minimum absolute atomic E-state index is 0.0137. The van der Waals surface area contributed by atoms with E-state index in [4.69, 9.17) is 9.47 Å². The zero-order valence-corrected chi connectivity index (χ0v) is 23.5. The standard InChI is InChI=1S/C27H33N3O9S/c1-16(2)25(29-23(32)11-18-10-19(38-3)12-21(30(36)37)26(18)39-4)27(35)28-20(13-24(33)34)22(31)15-40-14-17-8-6-5-7-9-17/h5-10,12,16,20,25H,11,13-15H2,1-4H3,(H,28,35)(H,29,32)(H,33,34)/t20-,25-/m0/s1. The summed E-state index contributed by atoms with van der Waals surface area (Å²) in [5, 5.41) is 25.8. The Balaban J connectivity index is 2.13. The van der Waals surface area contributed by atoms with Gasteiger partial charge in [-0.3, -0.25) is 29.3 Å². The molecule has 2 amide bonds. The van der Waals surface area contributed by atoms with Crippen molar-refractivity contribution >= 4 is 41.0 Å². The Labute approximate surface area is 236 Å². The molecule has 3 N–H and O–H groups in total. The zero-order valence-electron chi connectivity index (χ0n) is 22.7.